The fourth-order valence-electron chi connectivity index (χ4n) is 1.65. The molecule has 0 saturated heterocycles. The van der Waals surface area contributed by atoms with E-state index in [2.05, 4.69) is 0 Å². The van der Waals surface area contributed by atoms with Gasteiger partial charge in [0.15, 0.2) is 0 Å². The number of benzene rings is 2. The summed E-state index contributed by atoms with van der Waals surface area (Å²) < 4.78 is 70.4. The van der Waals surface area contributed by atoms with Crippen LogP contribution in [0.15, 0.2) is 24.3 Å². The molecule has 21 heavy (non-hydrogen) atoms. The third-order valence-electron chi connectivity index (χ3n) is 2.71. The van der Waals surface area contributed by atoms with Crippen molar-refractivity contribution in [3.05, 3.63) is 58.9 Å². The minimum absolute atomic E-state index is 0.0855. The Morgan fingerprint density at radius 2 is 1.24 bits per heavy atom. The van der Waals surface area contributed by atoms with Gasteiger partial charge in [-0.1, -0.05) is 12.1 Å². The third-order valence-corrected chi connectivity index (χ3v) is 2.71. The summed E-state index contributed by atoms with van der Waals surface area (Å²) in [6.45, 7) is -0.0855. The molecule has 0 aromatic heterocycles. The van der Waals surface area contributed by atoms with Crippen LogP contribution in [0.3, 0.4) is 0 Å². The molecule has 0 amide bonds. The highest BCUT2D eigenvalue weighted by atomic mass is 19.2. The molecule has 0 bridgehead atoms. The van der Waals surface area contributed by atoms with Crippen molar-refractivity contribution in [2.45, 2.75) is 6.42 Å². The molecule has 112 valence electrons. The molecule has 0 aliphatic heterocycles. The highest BCUT2D eigenvalue weighted by Crippen LogP contribution is 2.32. The second-order valence-corrected chi connectivity index (χ2v) is 4.12. The Balaban J connectivity index is 2.35. The average Bonchev–Trinajstić information content (AvgIpc) is 2.49. The van der Waals surface area contributed by atoms with Gasteiger partial charge in [-0.05, 0) is 24.1 Å². The molecule has 0 aliphatic rings. The molecule has 0 atom stereocenters. The molecule has 0 saturated carbocycles. The van der Waals surface area contributed by atoms with Gasteiger partial charge in [0.05, 0.1) is 0 Å². The number of ether oxygens (including phenoxy) is 1. The number of hydrogen-bond acceptors (Lipinski definition) is 2. The van der Waals surface area contributed by atoms with Gasteiger partial charge in [0.2, 0.25) is 34.8 Å². The second kappa shape index (κ2) is 6.09. The smallest absolute Gasteiger partial charge is 0.207 e. The fraction of sp³-hybridized carbons (Fsp3) is 0.143. The predicted octanol–water partition coefficient (Wildman–Crippen LogP) is 3.71. The molecule has 0 fully saturated rings. The van der Waals surface area contributed by atoms with Crippen molar-refractivity contribution in [2.24, 2.45) is 0 Å². The number of aliphatic hydroxyl groups is 1. The van der Waals surface area contributed by atoms with Gasteiger partial charge in [-0.2, -0.15) is 8.78 Å². The topological polar surface area (TPSA) is 29.5 Å². The predicted molar refractivity (Wildman–Crippen MR) is 63.5 cm³/mol. The van der Waals surface area contributed by atoms with E-state index in [9.17, 15) is 22.0 Å². The normalized spacial score (nSPS) is 10.8. The SMILES string of the molecule is OCCc1ccc(Oc2c(F)c(F)c(F)c(F)c2F)cc1. The Bertz CT molecular complexity index is 626. The van der Waals surface area contributed by atoms with Gasteiger partial charge in [-0.15, -0.1) is 0 Å². The average molecular weight is 304 g/mol. The molecule has 1 N–H and O–H groups in total. The van der Waals surface area contributed by atoms with Crippen LogP contribution in [0, 0.1) is 29.1 Å². The van der Waals surface area contributed by atoms with E-state index in [0.717, 1.165) is 5.56 Å². The van der Waals surface area contributed by atoms with Gasteiger partial charge in [0.25, 0.3) is 0 Å². The van der Waals surface area contributed by atoms with Crippen molar-refractivity contribution in [3.8, 4) is 11.5 Å². The maximum absolute atomic E-state index is 13.4. The number of rotatable bonds is 4. The number of halogens is 5. The van der Waals surface area contributed by atoms with Gasteiger partial charge in [0.1, 0.15) is 5.75 Å². The summed E-state index contributed by atoms with van der Waals surface area (Å²) in [5.74, 6) is -11.9. The molecule has 0 heterocycles. The maximum Gasteiger partial charge on any atom is 0.207 e. The first kappa shape index (κ1) is 15.2. The molecule has 2 rings (SSSR count). The summed E-state index contributed by atoms with van der Waals surface area (Å²) in [6, 6.07) is 5.58. The molecule has 0 spiro atoms. The summed E-state index contributed by atoms with van der Waals surface area (Å²) in [6.07, 6.45) is 0.364. The van der Waals surface area contributed by atoms with Crippen LogP contribution in [-0.4, -0.2) is 11.7 Å². The fourth-order valence-corrected chi connectivity index (χ4v) is 1.65. The van der Waals surface area contributed by atoms with E-state index in [4.69, 9.17) is 9.84 Å². The zero-order chi connectivity index (χ0) is 15.6. The lowest BCUT2D eigenvalue weighted by Crippen LogP contribution is -2.04. The van der Waals surface area contributed by atoms with E-state index in [-0.39, 0.29) is 12.4 Å². The van der Waals surface area contributed by atoms with Crippen LogP contribution in [0.1, 0.15) is 5.56 Å². The van der Waals surface area contributed by atoms with Crippen molar-refractivity contribution in [1.29, 1.82) is 0 Å². The van der Waals surface area contributed by atoms with Gasteiger partial charge in [-0.25, -0.2) is 13.2 Å². The van der Waals surface area contributed by atoms with E-state index in [1.54, 1.807) is 0 Å². The van der Waals surface area contributed by atoms with Crippen LogP contribution in [0.25, 0.3) is 0 Å². The zero-order valence-corrected chi connectivity index (χ0v) is 10.5. The molecule has 2 aromatic carbocycles. The Hall–Kier alpha value is -2.15. The first-order valence-electron chi connectivity index (χ1n) is 5.84. The molecule has 0 aliphatic carbocycles. The molecule has 7 heteroatoms. The van der Waals surface area contributed by atoms with Crippen LogP contribution in [0.2, 0.25) is 0 Å². The Morgan fingerprint density at radius 3 is 1.71 bits per heavy atom. The van der Waals surface area contributed by atoms with Crippen molar-refractivity contribution in [2.75, 3.05) is 6.61 Å². The van der Waals surface area contributed by atoms with Crippen LogP contribution >= 0.6 is 0 Å². The highest BCUT2D eigenvalue weighted by Gasteiger charge is 2.27. The van der Waals surface area contributed by atoms with Crippen LogP contribution in [0.4, 0.5) is 22.0 Å². The van der Waals surface area contributed by atoms with E-state index in [1.165, 1.54) is 24.3 Å². The van der Waals surface area contributed by atoms with Gasteiger partial charge in [-0.3, -0.25) is 0 Å². The Labute approximate surface area is 116 Å². The number of aliphatic hydroxyl groups excluding tert-OH is 1. The summed E-state index contributed by atoms with van der Waals surface area (Å²) in [5.41, 5.74) is 0.724. The van der Waals surface area contributed by atoms with Gasteiger partial charge in [0, 0.05) is 6.61 Å². The lowest BCUT2D eigenvalue weighted by Gasteiger charge is -2.10. The van der Waals surface area contributed by atoms with Crippen molar-refractivity contribution in [3.63, 3.8) is 0 Å². The minimum atomic E-state index is -2.24. The zero-order valence-electron chi connectivity index (χ0n) is 10.5. The summed E-state index contributed by atoms with van der Waals surface area (Å²) >= 11 is 0. The lowest BCUT2D eigenvalue weighted by molar-refractivity contribution is 0.299. The molecule has 0 radical (unpaired) electrons. The van der Waals surface area contributed by atoms with Crippen molar-refractivity contribution in [1.82, 2.24) is 0 Å². The Morgan fingerprint density at radius 1 is 0.762 bits per heavy atom. The van der Waals surface area contributed by atoms with Gasteiger partial charge < -0.3 is 9.84 Å². The standard InChI is InChI=1S/C14H9F5O2/c15-9-10(16)12(18)14(13(19)11(9)17)21-8-3-1-7(2-4-8)5-6-20/h1-4,20H,5-6H2. The molecule has 2 nitrogen and oxygen atoms in total. The van der Waals surface area contributed by atoms with Crippen LogP contribution in [0.5, 0.6) is 11.5 Å². The van der Waals surface area contributed by atoms with Gasteiger partial charge >= 0.3 is 0 Å². The highest BCUT2D eigenvalue weighted by molar-refractivity contribution is 5.36. The van der Waals surface area contributed by atoms with Crippen LogP contribution < -0.4 is 4.74 Å². The van der Waals surface area contributed by atoms with E-state index in [1.807, 2.05) is 0 Å². The van der Waals surface area contributed by atoms with Crippen molar-refractivity contribution >= 4 is 0 Å². The Kier molecular flexibility index (Phi) is 4.42. The lowest BCUT2D eigenvalue weighted by atomic mass is 10.1. The first-order chi connectivity index (χ1) is 9.95. The molecular weight excluding hydrogens is 295 g/mol. The molecule has 2 aromatic rings. The van der Waals surface area contributed by atoms with Crippen LogP contribution in [-0.2, 0) is 6.42 Å². The molecule has 0 unspecified atom stereocenters. The largest absolute Gasteiger partial charge is 0.451 e. The summed E-state index contributed by atoms with van der Waals surface area (Å²) in [4.78, 5) is 0. The van der Waals surface area contributed by atoms with Crippen molar-refractivity contribution < 1.29 is 31.8 Å². The first-order valence-corrected chi connectivity index (χ1v) is 5.84. The monoisotopic (exact) mass is 304 g/mol. The molecular formula is C14H9F5O2. The van der Waals surface area contributed by atoms with E-state index in [0.29, 0.717) is 6.42 Å². The van der Waals surface area contributed by atoms with E-state index >= 15 is 0 Å². The minimum Gasteiger partial charge on any atom is -0.451 e. The third kappa shape index (κ3) is 2.97. The quantitative estimate of drug-likeness (QED) is 0.530. The summed E-state index contributed by atoms with van der Waals surface area (Å²) in [7, 11) is 0. The van der Waals surface area contributed by atoms with E-state index < -0.39 is 34.8 Å². The summed E-state index contributed by atoms with van der Waals surface area (Å²) in [5, 5.41) is 8.73. The number of hydrogen-bond donors (Lipinski definition) is 1. The maximum atomic E-state index is 13.4. The second-order valence-electron chi connectivity index (χ2n) is 4.12.